The fourth-order valence-corrected chi connectivity index (χ4v) is 2.06. The Kier molecular flexibility index (Phi) is 2.56. The number of hydrogen-bond acceptors (Lipinski definition) is 5. The molecule has 1 aliphatic heterocycles. The number of rotatable bonds is 2. The molecule has 0 aliphatic carbocycles. The lowest BCUT2D eigenvalue weighted by Crippen LogP contribution is -2.24. The molecule has 0 saturated carbocycles. The van der Waals surface area contributed by atoms with Crippen LogP contribution < -0.4 is 0 Å². The van der Waals surface area contributed by atoms with E-state index in [9.17, 15) is 0 Å². The largest absolute Gasteiger partial charge is 0.371 e. The highest BCUT2D eigenvalue weighted by Crippen LogP contribution is 2.26. The van der Waals surface area contributed by atoms with Crippen LogP contribution >= 0.6 is 0 Å². The molecule has 0 bridgehead atoms. The van der Waals surface area contributed by atoms with Crippen molar-refractivity contribution in [3.05, 3.63) is 24.4 Å². The van der Waals surface area contributed by atoms with Gasteiger partial charge in [0.15, 0.2) is 11.6 Å². The minimum atomic E-state index is 0.283. The van der Waals surface area contributed by atoms with Gasteiger partial charge in [-0.1, -0.05) is 6.92 Å². The molecular weight excluding hydrogens is 218 g/mol. The van der Waals surface area contributed by atoms with Crippen LogP contribution in [0.1, 0.15) is 25.2 Å². The summed E-state index contributed by atoms with van der Waals surface area (Å²) in [5.74, 6) is 1.65. The minimum Gasteiger partial charge on any atom is -0.371 e. The van der Waals surface area contributed by atoms with Crippen LogP contribution in [0.5, 0.6) is 0 Å². The maximum absolute atomic E-state index is 5.49. The summed E-state index contributed by atoms with van der Waals surface area (Å²) in [6.45, 7) is 3.35. The van der Waals surface area contributed by atoms with E-state index in [1.807, 2.05) is 0 Å². The first kappa shape index (κ1) is 10.3. The van der Waals surface area contributed by atoms with Crippen LogP contribution in [-0.2, 0) is 11.3 Å². The number of ether oxygens (including phenoxy) is 1. The third-order valence-corrected chi connectivity index (χ3v) is 2.94. The molecule has 0 aromatic carbocycles. The predicted molar refractivity (Wildman–Crippen MR) is 60.0 cm³/mol. The zero-order chi connectivity index (χ0) is 11.7. The molecule has 0 N–H and O–H groups in total. The highest BCUT2D eigenvalue weighted by Gasteiger charge is 2.25. The molecule has 3 heterocycles. The van der Waals surface area contributed by atoms with E-state index in [4.69, 9.17) is 4.74 Å². The molecular formula is C11H13N5O. The van der Waals surface area contributed by atoms with Crippen LogP contribution in [0, 0.1) is 0 Å². The first-order valence-electron chi connectivity index (χ1n) is 5.68. The lowest BCUT2D eigenvalue weighted by molar-refractivity contribution is 0.0542. The molecule has 1 atom stereocenters. The van der Waals surface area contributed by atoms with E-state index in [0.717, 1.165) is 23.8 Å². The smallest absolute Gasteiger partial charge is 0.184 e. The Balaban J connectivity index is 2.10. The van der Waals surface area contributed by atoms with Gasteiger partial charge in [-0.25, -0.2) is 4.98 Å². The zero-order valence-electron chi connectivity index (χ0n) is 9.58. The van der Waals surface area contributed by atoms with Crippen LogP contribution in [0.25, 0.3) is 11.5 Å². The summed E-state index contributed by atoms with van der Waals surface area (Å²) in [4.78, 5) is 8.34. The monoisotopic (exact) mass is 231 g/mol. The molecule has 3 rings (SSSR count). The third kappa shape index (κ3) is 1.70. The summed E-state index contributed by atoms with van der Waals surface area (Å²) < 4.78 is 7.61. The SMILES string of the molecule is CCC1COCc2nnc(-c3cnccn3)n21. The molecule has 1 aliphatic rings. The van der Waals surface area contributed by atoms with E-state index >= 15 is 0 Å². The number of nitrogens with zero attached hydrogens (tertiary/aromatic N) is 5. The molecule has 88 valence electrons. The standard InChI is InChI=1S/C11H13N5O/c1-2-8-6-17-7-10-14-15-11(16(8)10)9-5-12-3-4-13-9/h3-5,8H,2,6-7H2,1H3. The van der Waals surface area contributed by atoms with Gasteiger partial charge in [-0.15, -0.1) is 10.2 Å². The Hall–Kier alpha value is -1.82. The Morgan fingerprint density at radius 1 is 1.41 bits per heavy atom. The summed E-state index contributed by atoms with van der Waals surface area (Å²) in [7, 11) is 0. The minimum absolute atomic E-state index is 0.283. The zero-order valence-corrected chi connectivity index (χ0v) is 9.58. The summed E-state index contributed by atoms with van der Waals surface area (Å²) >= 11 is 0. The number of fused-ring (bicyclic) bond motifs is 1. The highest BCUT2D eigenvalue weighted by molar-refractivity contribution is 5.47. The van der Waals surface area contributed by atoms with Crippen LogP contribution in [0.4, 0.5) is 0 Å². The van der Waals surface area contributed by atoms with Crippen LogP contribution in [0.15, 0.2) is 18.6 Å². The van der Waals surface area contributed by atoms with Gasteiger partial charge in [0.2, 0.25) is 0 Å². The molecule has 0 fully saturated rings. The number of hydrogen-bond donors (Lipinski definition) is 0. The van der Waals surface area contributed by atoms with E-state index in [1.165, 1.54) is 0 Å². The lowest BCUT2D eigenvalue weighted by Gasteiger charge is -2.24. The normalized spacial score (nSPS) is 19.0. The molecule has 0 amide bonds. The van der Waals surface area contributed by atoms with Crippen molar-refractivity contribution in [2.45, 2.75) is 26.0 Å². The molecule has 1 unspecified atom stereocenters. The molecule has 2 aromatic heterocycles. The summed E-state index contributed by atoms with van der Waals surface area (Å²) in [6.07, 6.45) is 6.01. The Labute approximate surface area is 98.7 Å². The van der Waals surface area contributed by atoms with Gasteiger partial charge in [-0.3, -0.25) is 4.98 Å². The summed E-state index contributed by atoms with van der Waals surface area (Å²) in [6, 6.07) is 0.283. The Bertz CT molecular complexity index is 510. The van der Waals surface area contributed by atoms with Gasteiger partial charge in [0.1, 0.15) is 12.3 Å². The van der Waals surface area contributed by atoms with Crippen molar-refractivity contribution in [1.82, 2.24) is 24.7 Å². The molecule has 0 saturated heterocycles. The summed E-state index contributed by atoms with van der Waals surface area (Å²) in [5, 5.41) is 8.35. The van der Waals surface area contributed by atoms with E-state index in [1.54, 1.807) is 18.6 Å². The molecule has 0 spiro atoms. The van der Waals surface area contributed by atoms with Gasteiger partial charge >= 0.3 is 0 Å². The summed E-state index contributed by atoms with van der Waals surface area (Å²) in [5.41, 5.74) is 0.756. The lowest BCUT2D eigenvalue weighted by atomic mass is 10.2. The van der Waals surface area contributed by atoms with Gasteiger partial charge in [0.25, 0.3) is 0 Å². The maximum Gasteiger partial charge on any atom is 0.184 e. The molecule has 17 heavy (non-hydrogen) atoms. The average Bonchev–Trinajstić information content (AvgIpc) is 2.83. The van der Waals surface area contributed by atoms with Crippen molar-refractivity contribution in [3.63, 3.8) is 0 Å². The molecule has 2 aromatic rings. The van der Waals surface area contributed by atoms with Gasteiger partial charge in [-0.2, -0.15) is 0 Å². The van der Waals surface area contributed by atoms with Crippen LogP contribution in [0.3, 0.4) is 0 Å². The van der Waals surface area contributed by atoms with Gasteiger partial charge in [0, 0.05) is 12.4 Å². The van der Waals surface area contributed by atoms with E-state index < -0.39 is 0 Å². The topological polar surface area (TPSA) is 65.7 Å². The third-order valence-electron chi connectivity index (χ3n) is 2.94. The quantitative estimate of drug-likeness (QED) is 0.777. The second-order valence-corrected chi connectivity index (χ2v) is 3.98. The average molecular weight is 231 g/mol. The van der Waals surface area contributed by atoms with Gasteiger partial charge in [-0.05, 0) is 6.42 Å². The first-order chi connectivity index (χ1) is 8.40. The van der Waals surface area contributed by atoms with E-state index in [0.29, 0.717) is 13.2 Å². The second kappa shape index (κ2) is 4.21. The molecule has 0 radical (unpaired) electrons. The fraction of sp³-hybridized carbons (Fsp3) is 0.455. The van der Waals surface area contributed by atoms with Gasteiger partial charge in [0.05, 0.1) is 18.8 Å². The van der Waals surface area contributed by atoms with Crippen LogP contribution in [-0.4, -0.2) is 31.3 Å². The van der Waals surface area contributed by atoms with Crippen molar-refractivity contribution < 1.29 is 4.74 Å². The highest BCUT2D eigenvalue weighted by atomic mass is 16.5. The second-order valence-electron chi connectivity index (χ2n) is 3.98. The fourth-order valence-electron chi connectivity index (χ4n) is 2.06. The van der Waals surface area contributed by atoms with Crippen LogP contribution in [0.2, 0.25) is 0 Å². The maximum atomic E-state index is 5.49. The molecule has 6 heteroatoms. The van der Waals surface area contributed by atoms with Crippen molar-refractivity contribution in [1.29, 1.82) is 0 Å². The Morgan fingerprint density at radius 3 is 3.12 bits per heavy atom. The van der Waals surface area contributed by atoms with Gasteiger partial charge < -0.3 is 9.30 Å². The predicted octanol–water partition coefficient (Wildman–Crippen LogP) is 1.22. The molecule has 6 nitrogen and oxygen atoms in total. The van der Waals surface area contributed by atoms with Crippen molar-refractivity contribution in [2.75, 3.05) is 6.61 Å². The van der Waals surface area contributed by atoms with E-state index in [2.05, 4.69) is 31.7 Å². The Morgan fingerprint density at radius 2 is 2.35 bits per heavy atom. The van der Waals surface area contributed by atoms with Crippen molar-refractivity contribution >= 4 is 0 Å². The number of aromatic nitrogens is 5. The van der Waals surface area contributed by atoms with E-state index in [-0.39, 0.29) is 6.04 Å². The van der Waals surface area contributed by atoms with Crippen molar-refractivity contribution in [2.24, 2.45) is 0 Å². The van der Waals surface area contributed by atoms with Crippen molar-refractivity contribution in [3.8, 4) is 11.5 Å². The first-order valence-corrected chi connectivity index (χ1v) is 5.68.